The third kappa shape index (κ3) is 3.96. The Morgan fingerprint density at radius 3 is 2.42 bits per heavy atom. The van der Waals surface area contributed by atoms with Crippen LogP contribution >= 0.6 is 0 Å². The van der Waals surface area contributed by atoms with Crippen LogP contribution in [0.15, 0.2) is 24.3 Å². The molecule has 0 aliphatic rings. The van der Waals surface area contributed by atoms with Gasteiger partial charge in [-0.15, -0.1) is 0 Å². The number of rotatable bonds is 5. The molecule has 1 aromatic carbocycles. The Bertz CT molecular complexity index is 426. The first-order valence-corrected chi connectivity index (χ1v) is 6.07. The number of amides is 1. The van der Waals surface area contributed by atoms with Crippen LogP contribution in [0, 0.1) is 0 Å². The lowest BCUT2D eigenvalue weighted by molar-refractivity contribution is -0.138. The third-order valence-electron chi connectivity index (χ3n) is 2.64. The quantitative estimate of drug-likeness (QED) is 0.896. The zero-order valence-electron chi connectivity index (χ0n) is 10.7. The van der Waals surface area contributed by atoms with Gasteiger partial charge in [0.1, 0.15) is 0 Å². The number of hydrogen-bond acceptors (Lipinski definition) is 2. The maximum atomic E-state index is 12.8. The summed E-state index contributed by atoms with van der Waals surface area (Å²) in [5, 5.41) is 0. The topological polar surface area (TPSA) is 46.3 Å². The molecule has 0 heterocycles. The molecule has 0 saturated carbocycles. The van der Waals surface area contributed by atoms with Crippen molar-refractivity contribution in [2.75, 3.05) is 19.6 Å². The van der Waals surface area contributed by atoms with E-state index in [9.17, 15) is 18.0 Å². The number of halogens is 3. The summed E-state index contributed by atoms with van der Waals surface area (Å²) in [6, 6.07) is 4.81. The van der Waals surface area contributed by atoms with E-state index in [2.05, 4.69) is 0 Å². The van der Waals surface area contributed by atoms with Crippen LogP contribution in [0.25, 0.3) is 0 Å². The maximum Gasteiger partial charge on any atom is 0.417 e. The van der Waals surface area contributed by atoms with Gasteiger partial charge in [0.05, 0.1) is 11.1 Å². The second-order valence-electron chi connectivity index (χ2n) is 4.12. The van der Waals surface area contributed by atoms with Gasteiger partial charge in [-0.05, 0) is 18.6 Å². The summed E-state index contributed by atoms with van der Waals surface area (Å²) in [5.74, 6) is -0.625. The molecule has 0 fully saturated rings. The molecule has 2 N–H and O–H groups in total. The molecule has 19 heavy (non-hydrogen) atoms. The average molecular weight is 274 g/mol. The number of nitrogens with zero attached hydrogens (tertiary/aromatic N) is 1. The minimum absolute atomic E-state index is 0.222. The zero-order chi connectivity index (χ0) is 14.5. The van der Waals surface area contributed by atoms with Crippen LogP contribution in [0.4, 0.5) is 13.2 Å². The van der Waals surface area contributed by atoms with E-state index in [1.54, 1.807) is 0 Å². The van der Waals surface area contributed by atoms with E-state index >= 15 is 0 Å². The largest absolute Gasteiger partial charge is 0.417 e. The van der Waals surface area contributed by atoms with Crippen molar-refractivity contribution < 1.29 is 18.0 Å². The normalized spacial score (nSPS) is 11.4. The van der Waals surface area contributed by atoms with Crippen molar-refractivity contribution in [2.45, 2.75) is 19.5 Å². The van der Waals surface area contributed by atoms with E-state index in [0.29, 0.717) is 13.0 Å². The number of hydrogen-bond donors (Lipinski definition) is 1. The van der Waals surface area contributed by atoms with E-state index < -0.39 is 17.6 Å². The monoisotopic (exact) mass is 274 g/mol. The molecular weight excluding hydrogens is 257 g/mol. The molecule has 0 aliphatic carbocycles. The van der Waals surface area contributed by atoms with Crippen LogP contribution in [-0.4, -0.2) is 30.4 Å². The fourth-order valence-corrected chi connectivity index (χ4v) is 1.83. The van der Waals surface area contributed by atoms with Crippen LogP contribution in [0.5, 0.6) is 0 Å². The van der Waals surface area contributed by atoms with Crippen LogP contribution in [0.1, 0.15) is 29.3 Å². The lowest BCUT2D eigenvalue weighted by atomic mass is 10.1. The van der Waals surface area contributed by atoms with Gasteiger partial charge in [-0.25, -0.2) is 0 Å². The molecule has 1 aromatic rings. The van der Waals surface area contributed by atoms with Gasteiger partial charge in [0.2, 0.25) is 0 Å². The van der Waals surface area contributed by atoms with E-state index in [4.69, 9.17) is 5.73 Å². The third-order valence-corrected chi connectivity index (χ3v) is 2.64. The van der Waals surface area contributed by atoms with Crippen LogP contribution < -0.4 is 5.73 Å². The Morgan fingerprint density at radius 1 is 1.26 bits per heavy atom. The lowest BCUT2D eigenvalue weighted by Gasteiger charge is -2.23. The highest BCUT2D eigenvalue weighted by atomic mass is 19.4. The highest BCUT2D eigenvalue weighted by Gasteiger charge is 2.35. The molecule has 3 nitrogen and oxygen atoms in total. The number of nitrogens with two attached hydrogens (primary N) is 1. The summed E-state index contributed by atoms with van der Waals surface area (Å²) < 4.78 is 38.5. The molecule has 0 aliphatic heterocycles. The Kier molecular flexibility index (Phi) is 5.35. The molecule has 0 bridgehead atoms. The molecule has 6 heteroatoms. The fourth-order valence-electron chi connectivity index (χ4n) is 1.83. The molecule has 1 amide bonds. The fraction of sp³-hybridized carbons (Fsp3) is 0.462. The summed E-state index contributed by atoms with van der Waals surface area (Å²) in [6.45, 7) is 2.72. The second-order valence-corrected chi connectivity index (χ2v) is 4.12. The van der Waals surface area contributed by atoms with Crippen molar-refractivity contribution in [1.29, 1.82) is 0 Å². The van der Waals surface area contributed by atoms with Crippen molar-refractivity contribution in [3.8, 4) is 0 Å². The van der Waals surface area contributed by atoms with Crippen molar-refractivity contribution in [3.63, 3.8) is 0 Å². The first-order chi connectivity index (χ1) is 8.91. The van der Waals surface area contributed by atoms with E-state index in [1.165, 1.54) is 23.1 Å². The Morgan fingerprint density at radius 2 is 1.89 bits per heavy atom. The number of alkyl halides is 3. The van der Waals surface area contributed by atoms with Gasteiger partial charge in [0.15, 0.2) is 0 Å². The molecule has 0 spiro atoms. The maximum absolute atomic E-state index is 12.8. The number of benzene rings is 1. The minimum Gasteiger partial charge on any atom is -0.337 e. The SMILES string of the molecule is CCCN(CCN)C(=O)c1ccccc1C(F)(F)F. The Balaban J connectivity index is 3.11. The van der Waals surface area contributed by atoms with Gasteiger partial charge in [-0.2, -0.15) is 13.2 Å². The number of carbonyl (C=O) groups is 1. The minimum atomic E-state index is -4.53. The highest BCUT2D eigenvalue weighted by Crippen LogP contribution is 2.32. The summed E-state index contributed by atoms with van der Waals surface area (Å²) in [7, 11) is 0. The lowest BCUT2D eigenvalue weighted by Crippen LogP contribution is -2.37. The predicted octanol–water partition coefficient (Wildman–Crippen LogP) is 2.52. The highest BCUT2D eigenvalue weighted by molar-refractivity contribution is 5.95. The zero-order valence-corrected chi connectivity index (χ0v) is 10.7. The molecule has 106 valence electrons. The van der Waals surface area contributed by atoms with E-state index in [1.807, 2.05) is 6.92 Å². The van der Waals surface area contributed by atoms with Crippen LogP contribution in [-0.2, 0) is 6.18 Å². The van der Waals surface area contributed by atoms with Crippen molar-refractivity contribution in [3.05, 3.63) is 35.4 Å². The molecule has 1 rings (SSSR count). The van der Waals surface area contributed by atoms with Crippen LogP contribution in [0.2, 0.25) is 0 Å². The summed E-state index contributed by atoms with van der Waals surface area (Å²) in [6.07, 6.45) is -3.87. The molecular formula is C13H17F3N2O. The predicted molar refractivity (Wildman–Crippen MR) is 66.7 cm³/mol. The van der Waals surface area contributed by atoms with Crippen molar-refractivity contribution >= 4 is 5.91 Å². The Labute approximate surface area is 110 Å². The molecule has 0 atom stereocenters. The van der Waals surface area contributed by atoms with Gasteiger partial charge in [-0.3, -0.25) is 4.79 Å². The summed E-state index contributed by atoms with van der Waals surface area (Å²) in [4.78, 5) is 13.5. The van der Waals surface area contributed by atoms with Gasteiger partial charge >= 0.3 is 6.18 Å². The number of carbonyl (C=O) groups excluding carboxylic acids is 1. The van der Waals surface area contributed by atoms with Gasteiger partial charge in [0, 0.05) is 19.6 Å². The molecule has 0 saturated heterocycles. The van der Waals surface area contributed by atoms with E-state index in [0.717, 1.165) is 6.07 Å². The standard InChI is InChI=1S/C13H17F3N2O/c1-2-8-18(9-7-17)12(19)10-5-3-4-6-11(10)13(14,15)16/h3-6H,2,7-9,17H2,1H3. The van der Waals surface area contributed by atoms with Gasteiger partial charge < -0.3 is 10.6 Å². The first-order valence-electron chi connectivity index (χ1n) is 6.07. The van der Waals surface area contributed by atoms with Crippen molar-refractivity contribution in [1.82, 2.24) is 4.90 Å². The van der Waals surface area contributed by atoms with Crippen molar-refractivity contribution in [2.24, 2.45) is 5.73 Å². The summed E-state index contributed by atoms with van der Waals surface area (Å²) in [5.41, 5.74) is 4.16. The van der Waals surface area contributed by atoms with Crippen LogP contribution in [0.3, 0.4) is 0 Å². The van der Waals surface area contributed by atoms with E-state index in [-0.39, 0.29) is 18.7 Å². The Hall–Kier alpha value is -1.56. The average Bonchev–Trinajstić information content (AvgIpc) is 2.37. The molecule has 0 aromatic heterocycles. The van der Waals surface area contributed by atoms with Gasteiger partial charge in [0.25, 0.3) is 5.91 Å². The summed E-state index contributed by atoms with van der Waals surface area (Å²) >= 11 is 0. The smallest absolute Gasteiger partial charge is 0.337 e. The molecule has 0 radical (unpaired) electrons. The second kappa shape index (κ2) is 6.56. The first kappa shape index (κ1) is 15.5. The van der Waals surface area contributed by atoms with Gasteiger partial charge in [-0.1, -0.05) is 19.1 Å². The molecule has 0 unspecified atom stereocenters.